The van der Waals surface area contributed by atoms with Crippen LogP contribution in [-0.2, 0) is 19.1 Å². The number of thiazole rings is 1. The molecule has 0 N–H and O–H groups in total. The van der Waals surface area contributed by atoms with Crippen molar-refractivity contribution in [3.63, 3.8) is 0 Å². The number of methoxy groups -OCH3 is 2. The van der Waals surface area contributed by atoms with E-state index in [4.69, 9.17) is 0 Å². The van der Waals surface area contributed by atoms with E-state index in [2.05, 4.69) is 14.5 Å². The Hall–Kier alpha value is -1.43. The molecule has 1 heterocycles. The van der Waals surface area contributed by atoms with Crippen molar-refractivity contribution in [1.82, 2.24) is 4.98 Å². The molecule has 0 aliphatic rings. The Kier molecular flexibility index (Phi) is 3.58. The van der Waals surface area contributed by atoms with Gasteiger partial charge in [-0.3, -0.25) is 9.59 Å². The summed E-state index contributed by atoms with van der Waals surface area (Å²) in [6.45, 7) is 0. The monoisotopic (exact) mass is 215 g/mol. The summed E-state index contributed by atoms with van der Waals surface area (Å²) in [6.07, 6.45) is 1.51. The summed E-state index contributed by atoms with van der Waals surface area (Å²) in [5, 5.41) is 2.05. The molecule has 0 unspecified atom stereocenters. The molecule has 76 valence electrons. The van der Waals surface area contributed by atoms with Crippen molar-refractivity contribution in [3.05, 3.63) is 16.6 Å². The van der Waals surface area contributed by atoms with Crippen molar-refractivity contribution in [1.29, 1.82) is 0 Å². The van der Waals surface area contributed by atoms with E-state index in [0.717, 1.165) is 0 Å². The van der Waals surface area contributed by atoms with Gasteiger partial charge in [-0.2, -0.15) is 0 Å². The second kappa shape index (κ2) is 4.71. The van der Waals surface area contributed by atoms with E-state index in [0.29, 0.717) is 5.01 Å². The Morgan fingerprint density at radius 2 is 1.93 bits per heavy atom. The van der Waals surface area contributed by atoms with Crippen molar-refractivity contribution < 1.29 is 19.1 Å². The van der Waals surface area contributed by atoms with Gasteiger partial charge >= 0.3 is 11.9 Å². The number of aromatic nitrogens is 1. The minimum absolute atomic E-state index is 0.378. The fourth-order valence-electron chi connectivity index (χ4n) is 0.911. The van der Waals surface area contributed by atoms with Crippen molar-refractivity contribution in [3.8, 4) is 0 Å². The number of hydrogen-bond acceptors (Lipinski definition) is 6. The standard InChI is InChI=1S/C8H9NO4S/c1-12-7(10)5(8(11)13-2)6-9-3-4-14-6/h3-5H,1-2H3. The molecule has 0 radical (unpaired) electrons. The first-order chi connectivity index (χ1) is 6.70. The van der Waals surface area contributed by atoms with Crippen LogP contribution in [0.1, 0.15) is 10.9 Å². The number of hydrogen-bond donors (Lipinski definition) is 0. The largest absolute Gasteiger partial charge is 0.468 e. The second-order valence-corrected chi connectivity index (χ2v) is 3.28. The van der Waals surface area contributed by atoms with E-state index in [1.807, 2.05) is 0 Å². The summed E-state index contributed by atoms with van der Waals surface area (Å²) in [5.41, 5.74) is 0. The van der Waals surface area contributed by atoms with Crippen LogP contribution >= 0.6 is 11.3 Å². The fraction of sp³-hybridized carbons (Fsp3) is 0.375. The maximum atomic E-state index is 11.3. The average Bonchev–Trinajstić information content (AvgIpc) is 2.70. The first kappa shape index (κ1) is 10.6. The molecule has 0 aliphatic heterocycles. The summed E-state index contributed by atoms with van der Waals surface area (Å²) in [6, 6.07) is 0. The molecule has 0 amide bonds. The first-order valence-electron chi connectivity index (χ1n) is 3.75. The lowest BCUT2D eigenvalue weighted by Crippen LogP contribution is -2.24. The van der Waals surface area contributed by atoms with Gasteiger partial charge in [0.25, 0.3) is 0 Å². The summed E-state index contributed by atoms with van der Waals surface area (Å²) >= 11 is 1.21. The molecular formula is C8H9NO4S. The van der Waals surface area contributed by atoms with Crippen LogP contribution in [0, 0.1) is 0 Å². The summed E-state index contributed by atoms with van der Waals surface area (Å²) in [4.78, 5) is 26.4. The minimum Gasteiger partial charge on any atom is -0.468 e. The fourth-order valence-corrected chi connectivity index (χ4v) is 1.62. The number of carbonyl (C=O) groups excluding carboxylic acids is 2. The molecular weight excluding hydrogens is 206 g/mol. The van der Waals surface area contributed by atoms with Crippen molar-refractivity contribution >= 4 is 23.3 Å². The van der Waals surface area contributed by atoms with Gasteiger partial charge in [0, 0.05) is 11.6 Å². The number of esters is 2. The number of carbonyl (C=O) groups is 2. The van der Waals surface area contributed by atoms with Gasteiger partial charge in [0.2, 0.25) is 5.92 Å². The molecule has 5 nitrogen and oxygen atoms in total. The van der Waals surface area contributed by atoms with E-state index < -0.39 is 17.9 Å². The minimum atomic E-state index is -1.06. The zero-order chi connectivity index (χ0) is 10.6. The van der Waals surface area contributed by atoms with Gasteiger partial charge in [-0.05, 0) is 0 Å². The van der Waals surface area contributed by atoms with Crippen LogP contribution in [0.3, 0.4) is 0 Å². The molecule has 0 spiro atoms. The number of rotatable bonds is 3. The maximum Gasteiger partial charge on any atom is 0.327 e. The molecule has 0 saturated carbocycles. The Morgan fingerprint density at radius 3 is 2.29 bits per heavy atom. The van der Waals surface area contributed by atoms with Gasteiger partial charge in [0.15, 0.2) is 0 Å². The lowest BCUT2D eigenvalue weighted by atomic mass is 10.1. The van der Waals surface area contributed by atoms with Crippen LogP contribution in [0.15, 0.2) is 11.6 Å². The lowest BCUT2D eigenvalue weighted by molar-refractivity contribution is -0.154. The normalized spacial score (nSPS) is 9.93. The van der Waals surface area contributed by atoms with Crippen molar-refractivity contribution in [2.75, 3.05) is 14.2 Å². The van der Waals surface area contributed by atoms with Gasteiger partial charge in [0.05, 0.1) is 14.2 Å². The summed E-state index contributed by atoms with van der Waals surface area (Å²) < 4.78 is 8.97. The molecule has 1 aromatic heterocycles. The molecule has 0 saturated heterocycles. The molecule has 0 fully saturated rings. The third kappa shape index (κ3) is 2.08. The molecule has 0 aromatic carbocycles. The zero-order valence-corrected chi connectivity index (χ0v) is 8.54. The molecule has 1 aromatic rings. The van der Waals surface area contributed by atoms with Crippen LogP contribution in [-0.4, -0.2) is 31.1 Å². The van der Waals surface area contributed by atoms with Gasteiger partial charge in [0.1, 0.15) is 5.01 Å². The molecule has 6 heteroatoms. The van der Waals surface area contributed by atoms with E-state index in [9.17, 15) is 9.59 Å². The molecule has 1 rings (SSSR count). The van der Waals surface area contributed by atoms with Crippen LogP contribution < -0.4 is 0 Å². The quantitative estimate of drug-likeness (QED) is 0.545. The van der Waals surface area contributed by atoms with E-state index in [1.165, 1.54) is 31.8 Å². The smallest absolute Gasteiger partial charge is 0.327 e. The average molecular weight is 215 g/mol. The molecule has 0 aliphatic carbocycles. The highest BCUT2D eigenvalue weighted by Gasteiger charge is 2.32. The predicted molar refractivity (Wildman–Crippen MR) is 48.9 cm³/mol. The molecule has 0 atom stereocenters. The van der Waals surface area contributed by atoms with Gasteiger partial charge in [-0.25, -0.2) is 4.98 Å². The number of nitrogens with zero attached hydrogens (tertiary/aromatic N) is 1. The highest BCUT2D eigenvalue weighted by molar-refractivity contribution is 7.09. The lowest BCUT2D eigenvalue weighted by Gasteiger charge is -2.08. The Morgan fingerprint density at radius 1 is 1.36 bits per heavy atom. The highest BCUT2D eigenvalue weighted by Crippen LogP contribution is 2.20. The highest BCUT2D eigenvalue weighted by atomic mass is 32.1. The van der Waals surface area contributed by atoms with Crippen LogP contribution in [0.25, 0.3) is 0 Å². The Balaban J connectivity index is 2.94. The SMILES string of the molecule is COC(=O)C(C(=O)OC)c1nccs1. The zero-order valence-electron chi connectivity index (χ0n) is 7.72. The Labute approximate surface area is 84.7 Å². The summed E-state index contributed by atoms with van der Waals surface area (Å²) in [5.74, 6) is -2.39. The summed E-state index contributed by atoms with van der Waals surface area (Å²) in [7, 11) is 2.43. The van der Waals surface area contributed by atoms with E-state index >= 15 is 0 Å². The van der Waals surface area contributed by atoms with Gasteiger partial charge < -0.3 is 9.47 Å². The predicted octanol–water partition coefficient (Wildman–Crippen LogP) is 0.573. The van der Waals surface area contributed by atoms with Crippen LogP contribution in [0.2, 0.25) is 0 Å². The topological polar surface area (TPSA) is 65.5 Å². The molecule has 14 heavy (non-hydrogen) atoms. The first-order valence-corrected chi connectivity index (χ1v) is 4.63. The van der Waals surface area contributed by atoms with Crippen LogP contribution in [0.5, 0.6) is 0 Å². The second-order valence-electron chi connectivity index (χ2n) is 2.35. The van der Waals surface area contributed by atoms with Gasteiger partial charge in [-0.1, -0.05) is 0 Å². The maximum absolute atomic E-state index is 11.3. The van der Waals surface area contributed by atoms with Crippen molar-refractivity contribution in [2.45, 2.75) is 5.92 Å². The van der Waals surface area contributed by atoms with E-state index in [-0.39, 0.29) is 0 Å². The number of ether oxygens (including phenoxy) is 2. The Bertz CT molecular complexity index is 306. The van der Waals surface area contributed by atoms with E-state index in [1.54, 1.807) is 5.38 Å². The third-order valence-corrected chi connectivity index (χ3v) is 2.41. The van der Waals surface area contributed by atoms with Gasteiger partial charge in [-0.15, -0.1) is 11.3 Å². The van der Waals surface area contributed by atoms with Crippen LogP contribution in [0.4, 0.5) is 0 Å². The third-order valence-electron chi connectivity index (χ3n) is 1.57. The van der Waals surface area contributed by atoms with Crippen molar-refractivity contribution in [2.24, 2.45) is 0 Å². The molecule has 0 bridgehead atoms.